The van der Waals surface area contributed by atoms with E-state index in [4.69, 9.17) is 16.3 Å². The van der Waals surface area contributed by atoms with Crippen LogP contribution in [0.3, 0.4) is 0 Å². The van der Waals surface area contributed by atoms with E-state index in [9.17, 15) is 9.18 Å². The molecule has 0 saturated carbocycles. The monoisotopic (exact) mass is 292 g/mol. The highest BCUT2D eigenvalue weighted by atomic mass is 35.5. The Hall–Kier alpha value is -1.87. The van der Waals surface area contributed by atoms with Crippen LogP contribution >= 0.6 is 11.6 Å². The summed E-state index contributed by atoms with van der Waals surface area (Å²) in [6.07, 6.45) is 0.415. The van der Waals surface area contributed by atoms with Crippen molar-refractivity contribution in [3.05, 3.63) is 65.5 Å². The Morgan fingerprint density at radius 1 is 1.20 bits per heavy atom. The van der Waals surface area contributed by atoms with Gasteiger partial charge in [0.15, 0.2) is 0 Å². The van der Waals surface area contributed by atoms with Crippen LogP contribution in [-0.4, -0.2) is 12.4 Å². The highest BCUT2D eigenvalue weighted by molar-refractivity contribution is 6.64. The molecule has 0 bridgehead atoms. The van der Waals surface area contributed by atoms with Crippen molar-refractivity contribution in [2.45, 2.75) is 12.3 Å². The lowest BCUT2D eigenvalue weighted by Crippen LogP contribution is -2.11. The van der Waals surface area contributed by atoms with Gasteiger partial charge in [-0.05, 0) is 47.3 Å². The zero-order chi connectivity index (χ0) is 14.5. The Balaban J connectivity index is 2.30. The molecular formula is C16H14ClFO2. The van der Waals surface area contributed by atoms with E-state index in [-0.39, 0.29) is 5.82 Å². The fourth-order valence-corrected chi connectivity index (χ4v) is 2.32. The molecule has 1 unspecified atom stereocenters. The van der Waals surface area contributed by atoms with Crippen LogP contribution in [-0.2, 0) is 11.2 Å². The summed E-state index contributed by atoms with van der Waals surface area (Å²) >= 11 is 5.69. The van der Waals surface area contributed by atoms with Gasteiger partial charge in [0.1, 0.15) is 11.6 Å². The van der Waals surface area contributed by atoms with E-state index in [0.717, 1.165) is 5.56 Å². The molecule has 0 saturated heterocycles. The molecule has 0 fully saturated rings. The number of para-hydroxylation sites is 1. The van der Waals surface area contributed by atoms with Crippen molar-refractivity contribution < 1.29 is 13.9 Å². The molecule has 0 aliphatic heterocycles. The number of carbonyl (C=O) groups is 1. The van der Waals surface area contributed by atoms with Gasteiger partial charge in [-0.1, -0.05) is 30.3 Å². The first kappa shape index (κ1) is 14.5. The molecule has 1 atom stereocenters. The summed E-state index contributed by atoms with van der Waals surface area (Å²) in [6.45, 7) is 0. The second-order valence-electron chi connectivity index (χ2n) is 4.42. The average Bonchev–Trinajstić information content (AvgIpc) is 2.46. The van der Waals surface area contributed by atoms with Gasteiger partial charge in [-0.15, -0.1) is 0 Å². The third kappa shape index (κ3) is 3.36. The van der Waals surface area contributed by atoms with Crippen molar-refractivity contribution in [2.75, 3.05) is 7.11 Å². The topological polar surface area (TPSA) is 26.3 Å². The van der Waals surface area contributed by atoms with E-state index in [0.29, 0.717) is 17.7 Å². The smallest absolute Gasteiger partial charge is 0.229 e. The third-order valence-electron chi connectivity index (χ3n) is 3.16. The molecule has 0 aromatic heterocycles. The lowest BCUT2D eigenvalue weighted by Gasteiger charge is -2.15. The molecule has 0 spiro atoms. The van der Waals surface area contributed by atoms with Crippen molar-refractivity contribution in [1.29, 1.82) is 0 Å². The van der Waals surface area contributed by atoms with E-state index in [1.165, 1.54) is 12.1 Å². The predicted molar refractivity (Wildman–Crippen MR) is 76.7 cm³/mol. The van der Waals surface area contributed by atoms with Crippen molar-refractivity contribution in [3.8, 4) is 5.75 Å². The van der Waals surface area contributed by atoms with Crippen LogP contribution in [0.25, 0.3) is 0 Å². The number of carbonyl (C=O) groups excluding carboxylic acids is 1. The van der Waals surface area contributed by atoms with Gasteiger partial charge < -0.3 is 4.74 Å². The van der Waals surface area contributed by atoms with Gasteiger partial charge in [0.05, 0.1) is 13.0 Å². The minimum Gasteiger partial charge on any atom is -0.496 e. The molecular weight excluding hydrogens is 279 g/mol. The van der Waals surface area contributed by atoms with Gasteiger partial charge in [-0.3, -0.25) is 4.79 Å². The molecule has 0 aliphatic carbocycles. The van der Waals surface area contributed by atoms with Crippen molar-refractivity contribution in [3.63, 3.8) is 0 Å². The molecule has 2 nitrogen and oxygen atoms in total. The Morgan fingerprint density at radius 2 is 1.85 bits per heavy atom. The summed E-state index contributed by atoms with van der Waals surface area (Å²) in [5.74, 6) is -0.155. The standard InChI is InChI=1S/C16H14ClFO2/c1-20-15-5-3-2-4-12(15)10-14(16(17)19)11-6-8-13(18)9-7-11/h2-9,14H,10H2,1H3. The van der Waals surface area contributed by atoms with Crippen LogP contribution in [0, 0.1) is 5.82 Å². The molecule has 0 amide bonds. The second-order valence-corrected chi connectivity index (χ2v) is 4.80. The Morgan fingerprint density at radius 3 is 2.45 bits per heavy atom. The van der Waals surface area contributed by atoms with Crippen LogP contribution in [0.15, 0.2) is 48.5 Å². The van der Waals surface area contributed by atoms with Crippen LogP contribution in [0.4, 0.5) is 4.39 Å². The van der Waals surface area contributed by atoms with Gasteiger partial charge in [0.2, 0.25) is 5.24 Å². The van der Waals surface area contributed by atoms with Gasteiger partial charge >= 0.3 is 0 Å². The van der Waals surface area contributed by atoms with E-state index in [1.807, 2.05) is 24.3 Å². The van der Waals surface area contributed by atoms with Crippen molar-refractivity contribution >= 4 is 16.8 Å². The first-order chi connectivity index (χ1) is 9.61. The summed E-state index contributed by atoms with van der Waals surface area (Å²) in [5, 5.41) is -0.470. The third-order valence-corrected chi connectivity index (χ3v) is 3.43. The van der Waals surface area contributed by atoms with Crippen LogP contribution in [0.1, 0.15) is 17.0 Å². The van der Waals surface area contributed by atoms with Crippen molar-refractivity contribution in [1.82, 2.24) is 0 Å². The van der Waals surface area contributed by atoms with E-state index < -0.39 is 11.2 Å². The normalized spacial score (nSPS) is 11.9. The number of halogens is 2. The maximum absolute atomic E-state index is 13.0. The maximum atomic E-state index is 13.0. The highest BCUT2D eigenvalue weighted by Crippen LogP contribution is 2.28. The Labute approximate surface area is 122 Å². The first-order valence-electron chi connectivity index (χ1n) is 6.18. The molecule has 2 aromatic rings. The molecule has 4 heteroatoms. The van der Waals surface area contributed by atoms with Crippen LogP contribution in [0.2, 0.25) is 0 Å². The summed E-state index contributed by atoms with van der Waals surface area (Å²) in [5.41, 5.74) is 1.58. The number of rotatable bonds is 5. The van der Waals surface area contributed by atoms with Crippen molar-refractivity contribution in [2.24, 2.45) is 0 Å². The molecule has 0 heterocycles. The number of hydrogen-bond donors (Lipinski definition) is 0. The highest BCUT2D eigenvalue weighted by Gasteiger charge is 2.20. The van der Waals surface area contributed by atoms with E-state index in [2.05, 4.69) is 0 Å². The van der Waals surface area contributed by atoms with Gasteiger partial charge in [0.25, 0.3) is 0 Å². The second kappa shape index (κ2) is 6.53. The largest absolute Gasteiger partial charge is 0.496 e. The number of benzene rings is 2. The van der Waals surface area contributed by atoms with E-state index in [1.54, 1.807) is 19.2 Å². The summed E-state index contributed by atoms with van der Waals surface area (Å²) in [4.78, 5) is 11.7. The fraction of sp³-hybridized carbons (Fsp3) is 0.188. The van der Waals surface area contributed by atoms with Crippen LogP contribution in [0.5, 0.6) is 5.75 Å². The lowest BCUT2D eigenvalue weighted by atomic mass is 9.92. The van der Waals surface area contributed by atoms with Gasteiger partial charge in [-0.25, -0.2) is 4.39 Å². The minimum absolute atomic E-state index is 0.341. The average molecular weight is 293 g/mol. The number of methoxy groups -OCH3 is 1. The van der Waals surface area contributed by atoms with E-state index >= 15 is 0 Å². The zero-order valence-corrected chi connectivity index (χ0v) is 11.7. The van der Waals surface area contributed by atoms with Gasteiger partial charge in [0, 0.05) is 0 Å². The first-order valence-corrected chi connectivity index (χ1v) is 6.56. The summed E-state index contributed by atoms with van der Waals surface area (Å²) in [6, 6.07) is 13.3. The number of hydrogen-bond acceptors (Lipinski definition) is 2. The fourth-order valence-electron chi connectivity index (χ4n) is 2.12. The molecule has 2 aromatic carbocycles. The minimum atomic E-state index is -0.520. The number of ether oxygens (including phenoxy) is 1. The molecule has 2 rings (SSSR count). The zero-order valence-electron chi connectivity index (χ0n) is 11.0. The predicted octanol–water partition coefficient (Wildman–Crippen LogP) is 3.93. The molecule has 20 heavy (non-hydrogen) atoms. The quantitative estimate of drug-likeness (QED) is 0.781. The summed E-state index contributed by atoms with van der Waals surface area (Å²) < 4.78 is 18.2. The Bertz CT molecular complexity index is 596. The molecule has 0 N–H and O–H groups in total. The van der Waals surface area contributed by atoms with Crippen LogP contribution < -0.4 is 4.74 Å². The maximum Gasteiger partial charge on any atom is 0.229 e. The Kier molecular flexibility index (Phi) is 4.74. The molecule has 104 valence electrons. The summed E-state index contributed by atoms with van der Waals surface area (Å²) in [7, 11) is 1.58. The SMILES string of the molecule is COc1ccccc1CC(C(=O)Cl)c1ccc(F)cc1. The molecule has 0 radical (unpaired) electrons. The lowest BCUT2D eigenvalue weighted by molar-refractivity contribution is -0.113. The molecule has 0 aliphatic rings. The van der Waals surface area contributed by atoms with Gasteiger partial charge in [-0.2, -0.15) is 0 Å².